The third-order valence-electron chi connectivity index (χ3n) is 2.55. The molecule has 0 unspecified atom stereocenters. The third-order valence-corrected chi connectivity index (χ3v) is 3.67. The van der Waals surface area contributed by atoms with Crippen LogP contribution in [0.15, 0.2) is 12.1 Å². The van der Waals surface area contributed by atoms with Gasteiger partial charge in [0.25, 0.3) is 0 Å². The summed E-state index contributed by atoms with van der Waals surface area (Å²) in [6.45, 7) is 7.61. The van der Waals surface area contributed by atoms with Gasteiger partial charge in [-0.2, -0.15) is 0 Å². The normalized spacial score (nSPS) is 10.6. The third kappa shape index (κ3) is 4.88. The van der Waals surface area contributed by atoms with Crippen LogP contribution in [0.3, 0.4) is 0 Å². The van der Waals surface area contributed by atoms with Crippen LogP contribution >= 0.6 is 11.6 Å². The quantitative estimate of drug-likeness (QED) is 0.453. The molecule has 0 saturated heterocycles. The van der Waals surface area contributed by atoms with Crippen LogP contribution in [0.4, 0.5) is 0 Å². The lowest BCUT2D eigenvalue weighted by Crippen LogP contribution is -2.14. The Labute approximate surface area is 121 Å². The predicted molar refractivity (Wildman–Crippen MR) is 80.9 cm³/mol. The first-order chi connectivity index (χ1) is 8.95. The number of unbranched alkanes of at least 4 members (excludes halogenated alkanes) is 1. The second kappa shape index (κ2) is 7.55. The molecule has 0 spiro atoms. The number of carbonyl (C=O) groups excluding carboxylic acids is 1. The highest BCUT2D eigenvalue weighted by Gasteiger charge is 2.16. The van der Waals surface area contributed by atoms with E-state index in [0.29, 0.717) is 16.5 Å². The second-order valence-corrected chi connectivity index (χ2v) is 7.44. The number of halogens is 1. The van der Waals surface area contributed by atoms with Gasteiger partial charge in [-0.1, -0.05) is 31.0 Å². The molecule has 19 heavy (non-hydrogen) atoms. The second-order valence-electron chi connectivity index (χ2n) is 4.73. The summed E-state index contributed by atoms with van der Waals surface area (Å²) >= 11 is 6.38. The van der Waals surface area contributed by atoms with E-state index in [1.807, 2.05) is 19.2 Å². The van der Waals surface area contributed by atoms with Crippen LogP contribution in [0.25, 0.3) is 0 Å². The average molecular weight is 301 g/mol. The van der Waals surface area contributed by atoms with Crippen molar-refractivity contribution >= 4 is 26.6 Å². The number of benzene rings is 1. The SMILES string of the molecule is CCCCc1ccc(OC(C)=O)c(O[SiH](C)C)c1Cl. The van der Waals surface area contributed by atoms with Crippen LogP contribution in [-0.2, 0) is 11.2 Å². The summed E-state index contributed by atoms with van der Waals surface area (Å²) in [5.41, 5.74) is 1.05. The molecule has 0 bridgehead atoms. The maximum Gasteiger partial charge on any atom is 0.308 e. The van der Waals surface area contributed by atoms with Gasteiger partial charge in [0, 0.05) is 6.92 Å². The van der Waals surface area contributed by atoms with E-state index in [2.05, 4.69) is 6.92 Å². The minimum atomic E-state index is -1.32. The number of ether oxygens (including phenoxy) is 1. The zero-order chi connectivity index (χ0) is 14.4. The highest BCUT2D eigenvalue weighted by atomic mass is 35.5. The zero-order valence-electron chi connectivity index (χ0n) is 12.0. The van der Waals surface area contributed by atoms with Gasteiger partial charge in [0.1, 0.15) is 0 Å². The molecule has 1 rings (SSSR count). The summed E-state index contributed by atoms with van der Waals surface area (Å²) < 4.78 is 11.0. The van der Waals surface area contributed by atoms with E-state index < -0.39 is 9.04 Å². The predicted octanol–water partition coefficient (Wildman–Crippen LogP) is 3.97. The minimum Gasteiger partial charge on any atom is -0.543 e. The van der Waals surface area contributed by atoms with Gasteiger partial charge in [-0.15, -0.1) is 0 Å². The monoisotopic (exact) mass is 300 g/mol. The molecule has 0 aliphatic rings. The topological polar surface area (TPSA) is 35.5 Å². The molecule has 0 aliphatic heterocycles. The Morgan fingerprint density at radius 1 is 1.37 bits per heavy atom. The van der Waals surface area contributed by atoms with Gasteiger partial charge in [-0.3, -0.25) is 4.79 Å². The molecule has 0 fully saturated rings. The summed E-state index contributed by atoms with van der Waals surface area (Å²) in [4.78, 5) is 11.1. The van der Waals surface area contributed by atoms with Crippen molar-refractivity contribution < 1.29 is 14.0 Å². The summed E-state index contributed by atoms with van der Waals surface area (Å²) in [7, 11) is -1.32. The van der Waals surface area contributed by atoms with Gasteiger partial charge in [-0.25, -0.2) is 0 Å². The number of aryl methyl sites for hydroxylation is 1. The zero-order valence-corrected chi connectivity index (χ0v) is 13.9. The van der Waals surface area contributed by atoms with Crippen molar-refractivity contribution in [1.82, 2.24) is 0 Å². The Bertz CT molecular complexity index is 447. The van der Waals surface area contributed by atoms with Gasteiger partial charge in [0.15, 0.2) is 11.5 Å². The van der Waals surface area contributed by atoms with Crippen molar-refractivity contribution in [2.24, 2.45) is 0 Å². The van der Waals surface area contributed by atoms with Gasteiger partial charge in [0.2, 0.25) is 9.04 Å². The lowest BCUT2D eigenvalue weighted by molar-refractivity contribution is -0.131. The number of hydrogen-bond acceptors (Lipinski definition) is 3. The summed E-state index contributed by atoms with van der Waals surface area (Å²) in [6.07, 6.45) is 3.09. The molecule has 1 aromatic carbocycles. The average Bonchev–Trinajstić information content (AvgIpc) is 2.32. The van der Waals surface area contributed by atoms with E-state index in [0.717, 1.165) is 24.8 Å². The van der Waals surface area contributed by atoms with Crippen molar-refractivity contribution in [3.63, 3.8) is 0 Å². The van der Waals surface area contributed by atoms with Gasteiger partial charge in [0.05, 0.1) is 5.02 Å². The molecule has 0 amide bonds. The van der Waals surface area contributed by atoms with Crippen LogP contribution in [0, 0.1) is 0 Å². The van der Waals surface area contributed by atoms with E-state index >= 15 is 0 Å². The molecular weight excluding hydrogens is 280 g/mol. The molecular formula is C14H21ClO3Si. The molecule has 1 aromatic rings. The molecule has 0 radical (unpaired) electrons. The largest absolute Gasteiger partial charge is 0.543 e. The lowest BCUT2D eigenvalue weighted by Gasteiger charge is -2.17. The molecule has 0 saturated carbocycles. The van der Waals surface area contributed by atoms with Crippen LogP contribution < -0.4 is 9.16 Å². The Morgan fingerprint density at radius 3 is 2.58 bits per heavy atom. The number of esters is 1. The fourth-order valence-corrected chi connectivity index (χ4v) is 2.80. The highest BCUT2D eigenvalue weighted by Crippen LogP contribution is 2.38. The summed E-state index contributed by atoms with van der Waals surface area (Å²) in [5.74, 6) is 0.568. The Morgan fingerprint density at radius 2 is 2.05 bits per heavy atom. The first-order valence-electron chi connectivity index (χ1n) is 6.62. The van der Waals surface area contributed by atoms with Crippen molar-refractivity contribution in [2.45, 2.75) is 46.2 Å². The van der Waals surface area contributed by atoms with Gasteiger partial charge in [-0.05, 0) is 37.6 Å². The fraction of sp³-hybridized carbons (Fsp3) is 0.500. The highest BCUT2D eigenvalue weighted by molar-refractivity contribution is 6.49. The van der Waals surface area contributed by atoms with E-state index in [1.54, 1.807) is 6.07 Å². The van der Waals surface area contributed by atoms with E-state index in [9.17, 15) is 4.79 Å². The van der Waals surface area contributed by atoms with Crippen LogP contribution in [0.1, 0.15) is 32.3 Å². The fourth-order valence-electron chi connectivity index (χ4n) is 1.72. The lowest BCUT2D eigenvalue weighted by atomic mass is 10.1. The first-order valence-corrected chi connectivity index (χ1v) is 9.78. The van der Waals surface area contributed by atoms with Gasteiger partial charge < -0.3 is 9.16 Å². The van der Waals surface area contributed by atoms with Gasteiger partial charge >= 0.3 is 5.97 Å². The number of carbonyl (C=O) groups is 1. The Balaban J connectivity index is 3.11. The molecule has 0 heterocycles. The van der Waals surface area contributed by atoms with Crippen molar-refractivity contribution in [2.75, 3.05) is 0 Å². The maximum atomic E-state index is 11.1. The Hall–Kier alpha value is -1.00. The minimum absolute atomic E-state index is 0.368. The molecule has 0 aliphatic carbocycles. The Kier molecular flexibility index (Phi) is 6.38. The molecule has 106 valence electrons. The van der Waals surface area contributed by atoms with Crippen molar-refractivity contribution in [3.05, 3.63) is 22.7 Å². The maximum absolute atomic E-state index is 11.1. The van der Waals surface area contributed by atoms with Crippen LogP contribution in [0.2, 0.25) is 18.1 Å². The van der Waals surface area contributed by atoms with E-state index in [-0.39, 0.29) is 5.97 Å². The molecule has 0 aromatic heterocycles. The van der Waals surface area contributed by atoms with Crippen molar-refractivity contribution in [3.8, 4) is 11.5 Å². The smallest absolute Gasteiger partial charge is 0.308 e. The molecule has 3 nitrogen and oxygen atoms in total. The van der Waals surface area contributed by atoms with Crippen LogP contribution in [-0.4, -0.2) is 15.0 Å². The van der Waals surface area contributed by atoms with Crippen molar-refractivity contribution in [1.29, 1.82) is 0 Å². The molecule has 5 heteroatoms. The summed E-state index contributed by atoms with van der Waals surface area (Å²) in [5, 5.41) is 0.577. The summed E-state index contributed by atoms with van der Waals surface area (Å²) in [6, 6.07) is 3.68. The number of hydrogen-bond donors (Lipinski definition) is 0. The van der Waals surface area contributed by atoms with E-state index in [4.69, 9.17) is 20.8 Å². The van der Waals surface area contributed by atoms with Crippen LogP contribution in [0.5, 0.6) is 11.5 Å². The number of rotatable bonds is 6. The molecule has 0 N–H and O–H groups in total. The standard InChI is InChI=1S/C14H21ClO3Si/c1-5-6-7-11-8-9-12(17-10(2)16)14(13(11)15)18-19(3)4/h8-9,19H,5-7H2,1-4H3. The first kappa shape index (κ1) is 16.1. The van der Waals surface area contributed by atoms with E-state index in [1.165, 1.54) is 6.92 Å². The molecule has 0 atom stereocenters.